The minimum atomic E-state index is -1.03. The number of rotatable bonds is 5. The van der Waals surface area contributed by atoms with Gasteiger partial charge in [-0.2, -0.15) is 0 Å². The van der Waals surface area contributed by atoms with Gasteiger partial charge >= 0.3 is 0 Å². The maximum Gasteiger partial charge on any atom is 0.277 e. The van der Waals surface area contributed by atoms with E-state index in [9.17, 15) is 13.6 Å². The molecule has 3 aromatic rings. The van der Waals surface area contributed by atoms with Crippen molar-refractivity contribution < 1.29 is 18.0 Å². The van der Waals surface area contributed by atoms with Gasteiger partial charge in [-0.15, -0.1) is 21.5 Å². The Kier molecular flexibility index (Phi) is 5.09. The van der Waals surface area contributed by atoms with Crippen molar-refractivity contribution in [2.75, 3.05) is 11.1 Å². The molecule has 0 saturated carbocycles. The van der Waals surface area contributed by atoms with E-state index in [4.69, 9.17) is 4.42 Å². The predicted octanol–water partition coefficient (Wildman–Crippen LogP) is 3.82. The quantitative estimate of drug-likeness (QED) is 0.676. The molecule has 1 N–H and O–H groups in total. The summed E-state index contributed by atoms with van der Waals surface area (Å²) in [5.41, 5.74) is 0.977. The maximum absolute atomic E-state index is 13.1. The lowest BCUT2D eigenvalue weighted by atomic mass is 10.3. The molecule has 0 unspecified atom stereocenters. The number of thiazole rings is 1. The number of thioether (sulfide) groups is 1. The minimum Gasteiger partial charge on any atom is -0.410 e. The molecular weight excluding hydrogens is 370 g/mol. The molecule has 0 radical (unpaired) electrons. The van der Waals surface area contributed by atoms with Crippen LogP contribution in [-0.4, -0.2) is 26.8 Å². The first kappa shape index (κ1) is 17.5. The molecule has 0 aliphatic heterocycles. The van der Waals surface area contributed by atoms with E-state index in [2.05, 4.69) is 20.5 Å². The van der Waals surface area contributed by atoms with Crippen LogP contribution in [0.1, 0.15) is 10.7 Å². The number of hydrogen-bond donors (Lipinski definition) is 1. The molecule has 6 nitrogen and oxygen atoms in total. The molecule has 2 aromatic heterocycles. The van der Waals surface area contributed by atoms with Gasteiger partial charge in [0.25, 0.3) is 11.1 Å². The number of carbonyl (C=O) groups is 1. The largest absolute Gasteiger partial charge is 0.410 e. The summed E-state index contributed by atoms with van der Waals surface area (Å²) in [7, 11) is 0. The molecule has 25 heavy (non-hydrogen) atoms. The fraction of sp³-hybridized carbons (Fsp3) is 0.200. The van der Waals surface area contributed by atoms with Crippen LogP contribution >= 0.6 is 23.1 Å². The number of nitrogens with zero attached hydrogens (tertiary/aromatic N) is 3. The Morgan fingerprint density at radius 2 is 2.08 bits per heavy atom. The summed E-state index contributed by atoms with van der Waals surface area (Å²) in [4.78, 5) is 17.0. The van der Waals surface area contributed by atoms with Crippen LogP contribution in [0.2, 0.25) is 0 Å². The molecule has 1 amide bonds. The zero-order chi connectivity index (χ0) is 18.0. The average molecular weight is 382 g/mol. The Balaban J connectivity index is 1.59. The number of nitrogens with one attached hydrogen (secondary N) is 1. The summed E-state index contributed by atoms with van der Waals surface area (Å²) in [6.45, 7) is 3.74. The second-order valence-corrected chi connectivity index (χ2v) is 7.12. The molecule has 0 aliphatic carbocycles. The van der Waals surface area contributed by atoms with Crippen LogP contribution in [0.3, 0.4) is 0 Å². The lowest BCUT2D eigenvalue weighted by molar-refractivity contribution is -0.113. The van der Waals surface area contributed by atoms with Crippen molar-refractivity contribution >= 4 is 34.7 Å². The molecule has 0 aliphatic rings. The van der Waals surface area contributed by atoms with Crippen molar-refractivity contribution in [3.8, 4) is 10.8 Å². The van der Waals surface area contributed by atoms with E-state index < -0.39 is 17.5 Å². The lowest BCUT2D eigenvalue weighted by Gasteiger charge is -2.04. The lowest BCUT2D eigenvalue weighted by Crippen LogP contribution is -2.14. The van der Waals surface area contributed by atoms with Crippen LogP contribution in [-0.2, 0) is 4.79 Å². The first-order valence-corrected chi connectivity index (χ1v) is 8.88. The smallest absolute Gasteiger partial charge is 0.277 e. The minimum absolute atomic E-state index is 0.0126. The standard InChI is InChI=1S/C15H12F2N4O2S2/c1-7-13(25-8(2)18-7)14-20-21-15(23-14)24-6-12(22)19-9-3-4-10(16)11(17)5-9/h3-5H,6H2,1-2H3,(H,19,22). The van der Waals surface area contributed by atoms with Crippen LogP contribution in [0, 0.1) is 25.5 Å². The van der Waals surface area contributed by atoms with E-state index in [0.29, 0.717) is 5.89 Å². The number of amides is 1. The van der Waals surface area contributed by atoms with E-state index in [-0.39, 0.29) is 16.7 Å². The SMILES string of the molecule is Cc1nc(C)c(-c2nnc(SCC(=O)Nc3ccc(F)c(F)c3)o2)s1. The predicted molar refractivity (Wildman–Crippen MR) is 90.6 cm³/mol. The number of aryl methyl sites for hydroxylation is 2. The number of anilines is 1. The average Bonchev–Trinajstić information content (AvgIpc) is 3.15. The highest BCUT2D eigenvalue weighted by Gasteiger charge is 2.16. The van der Waals surface area contributed by atoms with E-state index >= 15 is 0 Å². The third-order valence-electron chi connectivity index (χ3n) is 3.03. The number of carbonyl (C=O) groups excluding carboxylic acids is 1. The zero-order valence-electron chi connectivity index (χ0n) is 13.2. The summed E-state index contributed by atoms with van der Waals surface area (Å²) >= 11 is 2.49. The maximum atomic E-state index is 13.1. The highest BCUT2D eigenvalue weighted by Crippen LogP contribution is 2.30. The summed E-state index contributed by atoms with van der Waals surface area (Å²) in [5, 5.41) is 11.4. The second kappa shape index (κ2) is 7.28. The topological polar surface area (TPSA) is 80.9 Å². The monoisotopic (exact) mass is 382 g/mol. The number of halogens is 2. The summed E-state index contributed by atoms with van der Waals surface area (Å²) in [6.07, 6.45) is 0. The normalized spacial score (nSPS) is 10.9. The zero-order valence-corrected chi connectivity index (χ0v) is 14.8. The summed E-state index contributed by atoms with van der Waals surface area (Å²) in [6, 6.07) is 3.14. The van der Waals surface area contributed by atoms with Crippen molar-refractivity contribution in [2.45, 2.75) is 19.1 Å². The third kappa shape index (κ3) is 4.20. The van der Waals surface area contributed by atoms with Crippen LogP contribution < -0.4 is 5.32 Å². The Bertz CT molecular complexity index is 926. The summed E-state index contributed by atoms with van der Waals surface area (Å²) < 4.78 is 31.5. The van der Waals surface area contributed by atoms with Gasteiger partial charge in [-0.1, -0.05) is 11.8 Å². The molecule has 130 valence electrons. The fourth-order valence-corrected chi connectivity index (χ4v) is 3.39. The van der Waals surface area contributed by atoms with Gasteiger partial charge in [0.1, 0.15) is 4.88 Å². The van der Waals surface area contributed by atoms with Gasteiger partial charge in [-0.3, -0.25) is 4.79 Å². The van der Waals surface area contributed by atoms with Crippen LogP contribution in [0.4, 0.5) is 14.5 Å². The van der Waals surface area contributed by atoms with Gasteiger partial charge in [-0.25, -0.2) is 13.8 Å². The van der Waals surface area contributed by atoms with Crippen LogP contribution in [0.15, 0.2) is 27.8 Å². The van der Waals surface area contributed by atoms with Crippen molar-refractivity contribution in [3.63, 3.8) is 0 Å². The molecule has 1 aromatic carbocycles. The third-order valence-corrected chi connectivity index (χ3v) is 4.91. The molecule has 0 bridgehead atoms. The van der Waals surface area contributed by atoms with E-state index in [1.807, 2.05) is 13.8 Å². The highest BCUT2D eigenvalue weighted by molar-refractivity contribution is 7.99. The molecule has 2 heterocycles. The van der Waals surface area contributed by atoms with Gasteiger partial charge in [0.2, 0.25) is 5.91 Å². The molecule has 3 rings (SSSR count). The Hall–Kier alpha value is -2.33. The van der Waals surface area contributed by atoms with Crippen LogP contribution in [0.5, 0.6) is 0 Å². The first-order chi connectivity index (χ1) is 11.9. The van der Waals surface area contributed by atoms with Gasteiger partial charge in [-0.05, 0) is 26.0 Å². The van der Waals surface area contributed by atoms with Gasteiger partial charge in [0.15, 0.2) is 11.6 Å². The molecule has 0 fully saturated rings. The van der Waals surface area contributed by atoms with E-state index in [1.165, 1.54) is 17.4 Å². The molecule has 10 heteroatoms. The number of benzene rings is 1. The van der Waals surface area contributed by atoms with Gasteiger partial charge in [0.05, 0.1) is 16.5 Å². The number of aromatic nitrogens is 3. The van der Waals surface area contributed by atoms with Crippen LogP contribution in [0.25, 0.3) is 10.8 Å². The fourth-order valence-electron chi connectivity index (χ4n) is 1.99. The van der Waals surface area contributed by atoms with Gasteiger partial charge in [0, 0.05) is 11.8 Å². The number of hydrogen-bond acceptors (Lipinski definition) is 7. The molecule has 0 spiro atoms. The van der Waals surface area contributed by atoms with E-state index in [0.717, 1.165) is 39.5 Å². The van der Waals surface area contributed by atoms with Gasteiger partial charge < -0.3 is 9.73 Å². The Morgan fingerprint density at radius 3 is 2.76 bits per heavy atom. The second-order valence-electron chi connectivity index (χ2n) is 4.99. The van der Waals surface area contributed by atoms with E-state index in [1.54, 1.807) is 0 Å². The molecule has 0 saturated heterocycles. The summed E-state index contributed by atoms with van der Waals surface area (Å²) in [5.74, 6) is -2.06. The van der Waals surface area contributed by atoms with Crippen molar-refractivity contribution in [1.82, 2.24) is 15.2 Å². The Morgan fingerprint density at radius 1 is 1.28 bits per heavy atom. The molecular formula is C15H12F2N4O2S2. The highest BCUT2D eigenvalue weighted by atomic mass is 32.2. The first-order valence-electron chi connectivity index (χ1n) is 7.08. The molecule has 0 atom stereocenters. The Labute approximate surface area is 149 Å². The van der Waals surface area contributed by atoms with Crippen molar-refractivity contribution in [3.05, 3.63) is 40.5 Å². The van der Waals surface area contributed by atoms with Crippen molar-refractivity contribution in [1.29, 1.82) is 0 Å². The van der Waals surface area contributed by atoms with Crippen molar-refractivity contribution in [2.24, 2.45) is 0 Å².